The van der Waals surface area contributed by atoms with Crippen LogP contribution < -0.4 is 0 Å². The third-order valence-electron chi connectivity index (χ3n) is 3.54. The van der Waals surface area contributed by atoms with Crippen LogP contribution in [0.25, 0.3) is 11.0 Å². The number of aromatic nitrogens is 5. The van der Waals surface area contributed by atoms with Gasteiger partial charge in [0.1, 0.15) is 12.2 Å². The fourth-order valence-electron chi connectivity index (χ4n) is 2.57. The van der Waals surface area contributed by atoms with Gasteiger partial charge in [-0.25, -0.2) is 4.98 Å². The molecule has 2 aromatic heterocycles. The number of halogens is 1. The van der Waals surface area contributed by atoms with E-state index in [1.165, 1.54) is 5.56 Å². The van der Waals surface area contributed by atoms with E-state index in [9.17, 15) is 0 Å². The Hall–Kier alpha value is -1.88. The first-order valence-corrected chi connectivity index (χ1v) is 7.02. The maximum atomic E-state index is 6.06. The number of alkyl halides is 1. The number of hydrogen-bond acceptors (Lipinski definition) is 3. The van der Waals surface area contributed by atoms with E-state index in [0.717, 1.165) is 22.7 Å². The normalized spacial score (nSPS) is 13.0. The lowest BCUT2D eigenvalue weighted by molar-refractivity contribution is 0.572. The SMILES string of the molecule is Cc1ccc2c(c1)nc(CCl)n2C(C)c1nncn1C. The summed E-state index contributed by atoms with van der Waals surface area (Å²) < 4.78 is 4.05. The number of rotatable bonds is 3. The van der Waals surface area contributed by atoms with Gasteiger partial charge in [0.15, 0.2) is 5.82 Å². The van der Waals surface area contributed by atoms with Gasteiger partial charge in [0.25, 0.3) is 0 Å². The van der Waals surface area contributed by atoms with Crippen molar-refractivity contribution in [1.82, 2.24) is 24.3 Å². The molecule has 0 aliphatic heterocycles. The molecular formula is C14H16ClN5. The molecule has 0 aliphatic rings. The first kappa shape index (κ1) is 13.1. The van der Waals surface area contributed by atoms with Gasteiger partial charge < -0.3 is 9.13 Å². The van der Waals surface area contributed by atoms with Crippen molar-refractivity contribution in [1.29, 1.82) is 0 Å². The number of fused-ring (bicyclic) bond motifs is 1. The summed E-state index contributed by atoms with van der Waals surface area (Å²) in [6.07, 6.45) is 1.70. The highest BCUT2D eigenvalue weighted by Crippen LogP contribution is 2.26. The van der Waals surface area contributed by atoms with Crippen molar-refractivity contribution in [3.8, 4) is 0 Å². The second-order valence-electron chi connectivity index (χ2n) is 5.00. The molecule has 0 bridgehead atoms. The topological polar surface area (TPSA) is 48.5 Å². The van der Waals surface area contributed by atoms with E-state index in [4.69, 9.17) is 11.6 Å². The molecule has 0 fully saturated rings. The average molecular weight is 290 g/mol. The standard InChI is InChI=1S/C14H16ClN5/c1-9-4-5-12-11(6-9)17-13(7-15)20(12)10(2)14-18-16-8-19(14)3/h4-6,8,10H,7H2,1-3H3. The molecule has 0 N–H and O–H groups in total. The second-order valence-corrected chi connectivity index (χ2v) is 5.27. The minimum Gasteiger partial charge on any atom is -0.319 e. The van der Waals surface area contributed by atoms with E-state index in [2.05, 4.69) is 51.8 Å². The van der Waals surface area contributed by atoms with Crippen LogP contribution in [0.4, 0.5) is 0 Å². The highest BCUT2D eigenvalue weighted by molar-refractivity contribution is 6.16. The van der Waals surface area contributed by atoms with Gasteiger partial charge in [-0.1, -0.05) is 6.07 Å². The minimum atomic E-state index is 0.0314. The molecule has 1 unspecified atom stereocenters. The Balaban J connectivity index is 2.21. The van der Waals surface area contributed by atoms with Gasteiger partial charge in [-0.15, -0.1) is 21.8 Å². The molecule has 3 rings (SSSR count). The van der Waals surface area contributed by atoms with Crippen LogP contribution in [0, 0.1) is 6.92 Å². The molecule has 2 heterocycles. The van der Waals surface area contributed by atoms with Gasteiger partial charge in [-0.3, -0.25) is 0 Å². The molecule has 5 nitrogen and oxygen atoms in total. The predicted octanol–water partition coefficient (Wildman–Crippen LogP) is 2.82. The number of aryl methyl sites for hydroxylation is 2. The van der Waals surface area contributed by atoms with Gasteiger partial charge in [0.2, 0.25) is 0 Å². The molecule has 0 amide bonds. The zero-order chi connectivity index (χ0) is 14.3. The number of benzene rings is 1. The van der Waals surface area contributed by atoms with E-state index < -0.39 is 0 Å². The second kappa shape index (κ2) is 4.90. The van der Waals surface area contributed by atoms with Crippen molar-refractivity contribution in [2.24, 2.45) is 7.05 Å². The summed E-state index contributed by atoms with van der Waals surface area (Å²) in [4.78, 5) is 4.63. The van der Waals surface area contributed by atoms with Gasteiger partial charge in [0, 0.05) is 7.05 Å². The lowest BCUT2D eigenvalue weighted by Crippen LogP contribution is -2.14. The lowest BCUT2D eigenvalue weighted by atomic mass is 10.2. The fraction of sp³-hybridized carbons (Fsp3) is 0.357. The van der Waals surface area contributed by atoms with E-state index in [1.807, 2.05) is 11.6 Å². The number of hydrogen-bond donors (Lipinski definition) is 0. The third-order valence-corrected chi connectivity index (χ3v) is 3.78. The molecule has 104 valence electrons. The Morgan fingerprint density at radius 2 is 2.15 bits per heavy atom. The van der Waals surface area contributed by atoms with Crippen molar-refractivity contribution in [2.75, 3.05) is 0 Å². The van der Waals surface area contributed by atoms with Gasteiger partial charge in [0.05, 0.1) is 23.0 Å². The molecule has 6 heteroatoms. The summed E-state index contributed by atoms with van der Waals surface area (Å²) in [7, 11) is 1.94. The molecule has 1 aromatic carbocycles. The van der Waals surface area contributed by atoms with Crippen molar-refractivity contribution in [2.45, 2.75) is 25.8 Å². The van der Waals surface area contributed by atoms with Crippen LogP contribution in [0.2, 0.25) is 0 Å². The molecule has 0 aliphatic carbocycles. The maximum absolute atomic E-state index is 6.06. The largest absolute Gasteiger partial charge is 0.319 e. The Kier molecular flexibility index (Phi) is 3.22. The molecule has 1 atom stereocenters. The van der Waals surface area contributed by atoms with Gasteiger partial charge in [-0.2, -0.15) is 0 Å². The van der Waals surface area contributed by atoms with Crippen LogP contribution in [-0.2, 0) is 12.9 Å². The fourth-order valence-corrected chi connectivity index (χ4v) is 2.76. The highest BCUT2D eigenvalue weighted by atomic mass is 35.5. The predicted molar refractivity (Wildman–Crippen MR) is 78.8 cm³/mol. The Bertz CT molecular complexity index is 758. The molecular weight excluding hydrogens is 274 g/mol. The number of nitrogens with zero attached hydrogens (tertiary/aromatic N) is 5. The van der Waals surface area contributed by atoms with Crippen LogP contribution in [0.5, 0.6) is 0 Å². The van der Waals surface area contributed by atoms with E-state index in [1.54, 1.807) is 6.33 Å². The summed E-state index contributed by atoms with van der Waals surface area (Å²) >= 11 is 6.06. The molecule has 0 spiro atoms. The van der Waals surface area contributed by atoms with Crippen LogP contribution >= 0.6 is 11.6 Å². The molecule has 0 radical (unpaired) electrons. The number of imidazole rings is 1. The maximum Gasteiger partial charge on any atom is 0.155 e. The molecule has 0 saturated heterocycles. The molecule has 0 saturated carbocycles. The van der Waals surface area contributed by atoms with E-state index in [-0.39, 0.29) is 6.04 Å². The summed E-state index contributed by atoms with van der Waals surface area (Å²) in [5, 5.41) is 8.14. The first-order chi connectivity index (χ1) is 9.61. The average Bonchev–Trinajstić information content (AvgIpc) is 3.00. The van der Waals surface area contributed by atoms with Gasteiger partial charge >= 0.3 is 0 Å². The summed E-state index contributed by atoms with van der Waals surface area (Å²) in [6, 6.07) is 6.28. The Labute approximate surface area is 122 Å². The van der Waals surface area contributed by atoms with Crippen LogP contribution in [-0.4, -0.2) is 24.3 Å². The van der Waals surface area contributed by atoms with Crippen molar-refractivity contribution < 1.29 is 0 Å². The van der Waals surface area contributed by atoms with Crippen molar-refractivity contribution in [3.63, 3.8) is 0 Å². The highest BCUT2D eigenvalue weighted by Gasteiger charge is 2.20. The van der Waals surface area contributed by atoms with Crippen LogP contribution in [0.1, 0.15) is 30.2 Å². The van der Waals surface area contributed by atoms with Crippen LogP contribution in [0.3, 0.4) is 0 Å². The van der Waals surface area contributed by atoms with Crippen molar-refractivity contribution in [3.05, 3.63) is 41.7 Å². The minimum absolute atomic E-state index is 0.0314. The van der Waals surface area contributed by atoms with E-state index >= 15 is 0 Å². The Morgan fingerprint density at radius 3 is 2.80 bits per heavy atom. The smallest absolute Gasteiger partial charge is 0.155 e. The van der Waals surface area contributed by atoms with Crippen molar-refractivity contribution >= 4 is 22.6 Å². The lowest BCUT2D eigenvalue weighted by Gasteiger charge is -2.16. The zero-order valence-electron chi connectivity index (χ0n) is 11.7. The quantitative estimate of drug-likeness (QED) is 0.697. The summed E-state index contributed by atoms with van der Waals surface area (Å²) in [6.45, 7) is 4.14. The third kappa shape index (κ3) is 1.98. The summed E-state index contributed by atoms with van der Waals surface area (Å²) in [5.74, 6) is 2.11. The Morgan fingerprint density at radius 1 is 1.35 bits per heavy atom. The van der Waals surface area contributed by atoms with Crippen LogP contribution in [0.15, 0.2) is 24.5 Å². The first-order valence-electron chi connectivity index (χ1n) is 6.49. The monoisotopic (exact) mass is 289 g/mol. The molecule has 3 aromatic rings. The van der Waals surface area contributed by atoms with E-state index in [0.29, 0.717) is 5.88 Å². The zero-order valence-corrected chi connectivity index (χ0v) is 12.5. The van der Waals surface area contributed by atoms with Gasteiger partial charge in [-0.05, 0) is 31.5 Å². The molecule has 20 heavy (non-hydrogen) atoms. The summed E-state index contributed by atoms with van der Waals surface area (Å²) in [5.41, 5.74) is 3.23.